The summed E-state index contributed by atoms with van der Waals surface area (Å²) in [6.45, 7) is 1.83. The Hall–Kier alpha value is -5.12. The number of ether oxygens (including phenoxy) is 10. The van der Waals surface area contributed by atoms with Gasteiger partial charge in [0.25, 0.3) is 0 Å². The molecule has 6 aromatic rings. The van der Waals surface area contributed by atoms with Crippen LogP contribution in [0.1, 0.15) is 33.4 Å². The van der Waals surface area contributed by atoms with Gasteiger partial charge in [0, 0.05) is 7.11 Å². The standard InChI is InChI=1S/C55H60O11/c1-57-54-48(56)51(61-35-43-26-14-5-15-27-43)50(47(64-54)39-59-33-41-22-10-3-11-23-41)66-55-53(63-37-45-30-18-7-19-31-45)52(62-36-44-28-16-6-17-29-44)49(60-34-42-24-12-4-13-25-42)46(65-55)38-58-32-40-20-8-2-9-21-40/h2-31,46-56H,32-39H2,1H3/t46-,47-,48-,49-,50-,51-,52+,53-,54+,55-/m1/s1. The Labute approximate surface area is 388 Å². The zero-order valence-corrected chi connectivity index (χ0v) is 37.3. The van der Waals surface area contributed by atoms with E-state index in [1.807, 2.05) is 182 Å². The Morgan fingerprint density at radius 2 is 0.682 bits per heavy atom. The summed E-state index contributed by atoms with van der Waals surface area (Å²) < 4.78 is 66.8. The van der Waals surface area contributed by atoms with Gasteiger partial charge in [-0.05, 0) is 33.4 Å². The molecule has 0 saturated carbocycles. The van der Waals surface area contributed by atoms with Crippen LogP contribution in [0.4, 0.5) is 0 Å². The lowest BCUT2D eigenvalue weighted by Crippen LogP contribution is -2.66. The smallest absolute Gasteiger partial charge is 0.187 e. The van der Waals surface area contributed by atoms with Crippen LogP contribution in [0, 0.1) is 0 Å². The van der Waals surface area contributed by atoms with Crippen molar-refractivity contribution < 1.29 is 52.5 Å². The molecular formula is C55H60O11. The zero-order valence-electron chi connectivity index (χ0n) is 37.3. The van der Waals surface area contributed by atoms with Crippen LogP contribution in [0.25, 0.3) is 0 Å². The largest absolute Gasteiger partial charge is 0.385 e. The average molecular weight is 897 g/mol. The summed E-state index contributed by atoms with van der Waals surface area (Å²) >= 11 is 0. The normalized spacial score (nSPS) is 25.4. The zero-order chi connectivity index (χ0) is 45.2. The summed E-state index contributed by atoms with van der Waals surface area (Å²) in [4.78, 5) is 0. The van der Waals surface area contributed by atoms with Crippen molar-refractivity contribution in [1.82, 2.24) is 0 Å². The second-order valence-electron chi connectivity index (χ2n) is 16.5. The van der Waals surface area contributed by atoms with E-state index in [1.54, 1.807) is 0 Å². The van der Waals surface area contributed by atoms with Crippen molar-refractivity contribution >= 4 is 0 Å². The third-order valence-electron chi connectivity index (χ3n) is 11.7. The van der Waals surface area contributed by atoms with Crippen LogP contribution in [0.2, 0.25) is 0 Å². The molecule has 2 aliphatic rings. The SMILES string of the molecule is CO[C@H]1O[C@H](COCc2ccccc2)[C@@H](O[C@H]2O[C@H](COCc3ccccc3)[C@@H](OCc3ccccc3)[C@H](OCc3ccccc3)[C@H]2OCc2ccccc2)[C@H](OCc2ccccc2)[C@H]1O. The predicted molar refractivity (Wildman–Crippen MR) is 247 cm³/mol. The molecule has 66 heavy (non-hydrogen) atoms. The maximum atomic E-state index is 12.0. The van der Waals surface area contributed by atoms with E-state index < -0.39 is 61.4 Å². The monoisotopic (exact) mass is 896 g/mol. The molecule has 0 amide bonds. The number of aliphatic hydroxyl groups is 1. The van der Waals surface area contributed by atoms with Crippen molar-refractivity contribution in [3.8, 4) is 0 Å². The van der Waals surface area contributed by atoms with Gasteiger partial charge in [-0.1, -0.05) is 182 Å². The van der Waals surface area contributed by atoms with Crippen molar-refractivity contribution in [1.29, 1.82) is 0 Å². The van der Waals surface area contributed by atoms with Crippen molar-refractivity contribution in [2.24, 2.45) is 0 Å². The van der Waals surface area contributed by atoms with E-state index in [9.17, 15) is 5.11 Å². The highest BCUT2D eigenvalue weighted by Crippen LogP contribution is 2.36. The van der Waals surface area contributed by atoms with Crippen LogP contribution in [-0.2, 0) is 87.0 Å². The second kappa shape index (κ2) is 25.1. The minimum atomic E-state index is -1.25. The molecule has 2 saturated heterocycles. The van der Waals surface area contributed by atoms with Crippen LogP contribution >= 0.6 is 0 Å². The van der Waals surface area contributed by atoms with E-state index in [4.69, 9.17) is 47.4 Å². The van der Waals surface area contributed by atoms with Crippen molar-refractivity contribution in [3.63, 3.8) is 0 Å². The van der Waals surface area contributed by atoms with Crippen molar-refractivity contribution in [2.75, 3.05) is 20.3 Å². The first-order valence-corrected chi connectivity index (χ1v) is 22.6. The van der Waals surface area contributed by atoms with E-state index in [2.05, 4.69) is 0 Å². The highest BCUT2D eigenvalue weighted by molar-refractivity contribution is 5.18. The topological polar surface area (TPSA) is 113 Å². The van der Waals surface area contributed by atoms with Gasteiger partial charge in [-0.2, -0.15) is 0 Å². The van der Waals surface area contributed by atoms with Gasteiger partial charge in [0.2, 0.25) is 0 Å². The predicted octanol–water partition coefficient (Wildman–Crippen LogP) is 8.60. The minimum absolute atomic E-state index is 0.0833. The fourth-order valence-electron chi connectivity index (χ4n) is 8.22. The van der Waals surface area contributed by atoms with E-state index in [0.717, 1.165) is 33.4 Å². The lowest BCUT2D eigenvalue weighted by atomic mass is 9.96. The fourth-order valence-corrected chi connectivity index (χ4v) is 8.22. The quantitative estimate of drug-likeness (QED) is 0.0668. The molecule has 11 heteroatoms. The summed E-state index contributed by atoms with van der Waals surface area (Å²) in [5.74, 6) is 0. The molecule has 0 aliphatic carbocycles. The van der Waals surface area contributed by atoms with Gasteiger partial charge in [0.05, 0.1) is 52.9 Å². The summed E-state index contributed by atoms with van der Waals surface area (Å²) in [6.07, 6.45) is -9.14. The number of rotatable bonds is 23. The average Bonchev–Trinajstić information content (AvgIpc) is 3.37. The van der Waals surface area contributed by atoms with Gasteiger partial charge in [-0.15, -0.1) is 0 Å². The summed E-state index contributed by atoms with van der Waals surface area (Å²) in [5.41, 5.74) is 5.84. The highest BCUT2D eigenvalue weighted by Gasteiger charge is 2.54. The van der Waals surface area contributed by atoms with Crippen LogP contribution in [0.5, 0.6) is 0 Å². The molecule has 6 aromatic carbocycles. The molecule has 8 rings (SSSR count). The molecule has 1 N–H and O–H groups in total. The molecule has 10 atom stereocenters. The van der Waals surface area contributed by atoms with Gasteiger partial charge < -0.3 is 52.5 Å². The number of hydrogen-bond donors (Lipinski definition) is 1. The summed E-state index contributed by atoms with van der Waals surface area (Å²) in [7, 11) is 1.49. The van der Waals surface area contributed by atoms with E-state index in [0.29, 0.717) is 13.2 Å². The van der Waals surface area contributed by atoms with Crippen LogP contribution in [0.3, 0.4) is 0 Å². The van der Waals surface area contributed by atoms with Crippen molar-refractivity contribution in [2.45, 2.75) is 101 Å². The Morgan fingerprint density at radius 1 is 0.364 bits per heavy atom. The second-order valence-corrected chi connectivity index (χ2v) is 16.5. The van der Waals surface area contributed by atoms with Gasteiger partial charge in [-0.3, -0.25) is 0 Å². The fraction of sp³-hybridized carbons (Fsp3) is 0.345. The van der Waals surface area contributed by atoms with Gasteiger partial charge >= 0.3 is 0 Å². The Kier molecular flexibility index (Phi) is 18.0. The number of hydrogen-bond acceptors (Lipinski definition) is 11. The number of benzene rings is 6. The number of methoxy groups -OCH3 is 1. The summed E-state index contributed by atoms with van der Waals surface area (Å²) in [6, 6.07) is 59.6. The van der Waals surface area contributed by atoms with Crippen molar-refractivity contribution in [3.05, 3.63) is 215 Å². The molecular weight excluding hydrogens is 837 g/mol. The molecule has 2 aliphatic heterocycles. The molecule has 0 bridgehead atoms. The number of aliphatic hydroxyl groups excluding tert-OH is 1. The molecule has 0 radical (unpaired) electrons. The maximum absolute atomic E-state index is 12.0. The van der Waals surface area contributed by atoms with Crippen LogP contribution < -0.4 is 0 Å². The molecule has 0 aromatic heterocycles. The molecule has 2 fully saturated rings. The van der Waals surface area contributed by atoms with Gasteiger partial charge in [0.1, 0.15) is 48.8 Å². The maximum Gasteiger partial charge on any atom is 0.187 e. The lowest BCUT2D eigenvalue weighted by molar-refractivity contribution is -0.373. The Balaban J connectivity index is 1.16. The molecule has 0 unspecified atom stereocenters. The molecule has 2 heterocycles. The van der Waals surface area contributed by atoms with E-state index in [1.165, 1.54) is 7.11 Å². The van der Waals surface area contributed by atoms with Gasteiger partial charge in [0.15, 0.2) is 12.6 Å². The summed E-state index contributed by atoms with van der Waals surface area (Å²) in [5, 5.41) is 12.0. The third-order valence-corrected chi connectivity index (χ3v) is 11.7. The molecule has 346 valence electrons. The Bertz CT molecular complexity index is 2220. The Morgan fingerprint density at radius 3 is 1.08 bits per heavy atom. The third kappa shape index (κ3) is 13.5. The molecule has 0 spiro atoms. The van der Waals surface area contributed by atoms with E-state index >= 15 is 0 Å². The molecule has 11 nitrogen and oxygen atoms in total. The van der Waals surface area contributed by atoms with Gasteiger partial charge in [-0.25, -0.2) is 0 Å². The first kappa shape index (κ1) is 47.4. The first-order valence-electron chi connectivity index (χ1n) is 22.6. The minimum Gasteiger partial charge on any atom is -0.385 e. The highest BCUT2D eigenvalue weighted by atomic mass is 16.8. The van der Waals surface area contributed by atoms with Crippen LogP contribution in [-0.4, -0.2) is 86.8 Å². The first-order chi connectivity index (χ1) is 32.6. The van der Waals surface area contributed by atoms with Crippen LogP contribution in [0.15, 0.2) is 182 Å². The lowest BCUT2D eigenvalue weighted by Gasteiger charge is -2.49. The van der Waals surface area contributed by atoms with E-state index in [-0.39, 0.29) is 39.6 Å².